The standard InChI is InChI=1S/C21H18Cl2FNO/c1-14-5-6-18(23)11-20(14)25-12-16-10-17(22)7-8-21(16)26-13-15-3-2-4-19(24)9-15/h2-11,25H,12-13H2,1H3. The summed E-state index contributed by atoms with van der Waals surface area (Å²) in [6, 6.07) is 17.5. The predicted octanol–water partition coefficient (Wildman–Crippen LogP) is 6.63. The zero-order valence-electron chi connectivity index (χ0n) is 14.2. The lowest BCUT2D eigenvalue weighted by Gasteiger charge is -2.15. The van der Waals surface area contributed by atoms with Gasteiger partial charge in [0.1, 0.15) is 18.2 Å². The maximum atomic E-state index is 13.3. The maximum Gasteiger partial charge on any atom is 0.124 e. The summed E-state index contributed by atoms with van der Waals surface area (Å²) in [7, 11) is 0. The summed E-state index contributed by atoms with van der Waals surface area (Å²) >= 11 is 12.2. The van der Waals surface area contributed by atoms with Gasteiger partial charge in [-0.3, -0.25) is 0 Å². The highest BCUT2D eigenvalue weighted by molar-refractivity contribution is 6.31. The Kier molecular flexibility index (Phi) is 6.02. The number of aryl methyl sites for hydroxylation is 1. The first-order chi connectivity index (χ1) is 12.5. The Morgan fingerprint density at radius 3 is 2.54 bits per heavy atom. The van der Waals surface area contributed by atoms with Crippen LogP contribution in [0.2, 0.25) is 10.0 Å². The molecule has 0 saturated heterocycles. The molecule has 2 nitrogen and oxygen atoms in total. The fourth-order valence-corrected chi connectivity index (χ4v) is 2.96. The molecule has 5 heteroatoms. The van der Waals surface area contributed by atoms with Crippen molar-refractivity contribution < 1.29 is 9.13 Å². The number of anilines is 1. The highest BCUT2D eigenvalue weighted by atomic mass is 35.5. The first kappa shape index (κ1) is 18.6. The van der Waals surface area contributed by atoms with E-state index < -0.39 is 0 Å². The minimum absolute atomic E-state index is 0.277. The van der Waals surface area contributed by atoms with Crippen molar-refractivity contribution in [3.8, 4) is 5.75 Å². The Balaban J connectivity index is 1.74. The molecule has 0 spiro atoms. The summed E-state index contributed by atoms with van der Waals surface area (Å²) in [4.78, 5) is 0. The second kappa shape index (κ2) is 8.43. The van der Waals surface area contributed by atoms with Gasteiger partial charge in [-0.25, -0.2) is 4.39 Å². The van der Waals surface area contributed by atoms with E-state index in [1.54, 1.807) is 12.1 Å². The van der Waals surface area contributed by atoms with Gasteiger partial charge in [-0.15, -0.1) is 0 Å². The first-order valence-corrected chi connectivity index (χ1v) is 8.92. The Labute approximate surface area is 162 Å². The van der Waals surface area contributed by atoms with E-state index in [-0.39, 0.29) is 12.4 Å². The summed E-state index contributed by atoms with van der Waals surface area (Å²) in [5.74, 6) is 0.423. The third-order valence-corrected chi connectivity index (χ3v) is 4.45. The molecule has 0 bridgehead atoms. The Bertz CT molecular complexity index is 914. The van der Waals surface area contributed by atoms with Crippen molar-refractivity contribution in [3.05, 3.63) is 93.2 Å². The van der Waals surface area contributed by atoms with Crippen LogP contribution in [0.25, 0.3) is 0 Å². The normalized spacial score (nSPS) is 10.6. The van der Waals surface area contributed by atoms with E-state index >= 15 is 0 Å². The molecule has 0 amide bonds. The average Bonchev–Trinajstić information content (AvgIpc) is 2.62. The third-order valence-electron chi connectivity index (χ3n) is 3.97. The lowest BCUT2D eigenvalue weighted by Crippen LogP contribution is -2.05. The number of rotatable bonds is 6. The Morgan fingerprint density at radius 1 is 0.962 bits per heavy atom. The quantitative estimate of drug-likeness (QED) is 0.510. The highest BCUT2D eigenvalue weighted by Gasteiger charge is 2.07. The van der Waals surface area contributed by atoms with Gasteiger partial charge >= 0.3 is 0 Å². The lowest BCUT2D eigenvalue weighted by molar-refractivity contribution is 0.302. The van der Waals surface area contributed by atoms with Gasteiger partial charge in [0.15, 0.2) is 0 Å². The molecule has 0 saturated carbocycles. The van der Waals surface area contributed by atoms with Gasteiger partial charge in [-0.2, -0.15) is 0 Å². The minimum Gasteiger partial charge on any atom is -0.489 e. The summed E-state index contributed by atoms with van der Waals surface area (Å²) in [6.07, 6.45) is 0. The molecule has 0 atom stereocenters. The van der Waals surface area contributed by atoms with Gasteiger partial charge < -0.3 is 10.1 Å². The molecule has 0 unspecified atom stereocenters. The molecule has 0 fully saturated rings. The van der Waals surface area contributed by atoms with Crippen LogP contribution < -0.4 is 10.1 Å². The van der Waals surface area contributed by atoms with Gasteiger partial charge in [0.2, 0.25) is 0 Å². The molecule has 0 aliphatic heterocycles. The van der Waals surface area contributed by atoms with Crippen LogP contribution in [0.15, 0.2) is 60.7 Å². The molecule has 134 valence electrons. The molecule has 3 aromatic rings. The number of halogens is 3. The zero-order chi connectivity index (χ0) is 18.5. The largest absolute Gasteiger partial charge is 0.489 e. The van der Waals surface area contributed by atoms with Gasteiger partial charge in [0.25, 0.3) is 0 Å². The van der Waals surface area contributed by atoms with E-state index in [0.717, 1.165) is 22.4 Å². The maximum absolute atomic E-state index is 13.3. The van der Waals surface area contributed by atoms with Crippen LogP contribution in [0.3, 0.4) is 0 Å². The molecule has 3 aromatic carbocycles. The van der Waals surface area contributed by atoms with Crippen molar-refractivity contribution in [1.82, 2.24) is 0 Å². The van der Waals surface area contributed by atoms with Gasteiger partial charge in [-0.05, 0) is 60.5 Å². The summed E-state index contributed by atoms with van der Waals surface area (Å²) in [5.41, 5.74) is 3.73. The highest BCUT2D eigenvalue weighted by Crippen LogP contribution is 2.26. The fourth-order valence-electron chi connectivity index (χ4n) is 2.59. The topological polar surface area (TPSA) is 21.3 Å². The van der Waals surface area contributed by atoms with Crippen molar-refractivity contribution in [2.45, 2.75) is 20.1 Å². The number of nitrogens with one attached hydrogen (secondary N) is 1. The van der Waals surface area contributed by atoms with Crippen LogP contribution in [-0.4, -0.2) is 0 Å². The van der Waals surface area contributed by atoms with Crippen molar-refractivity contribution >= 4 is 28.9 Å². The SMILES string of the molecule is Cc1ccc(Cl)cc1NCc1cc(Cl)ccc1OCc1cccc(F)c1. The van der Waals surface area contributed by atoms with Crippen molar-refractivity contribution in [2.24, 2.45) is 0 Å². The fraction of sp³-hybridized carbons (Fsp3) is 0.143. The van der Waals surface area contributed by atoms with Gasteiger partial charge in [-0.1, -0.05) is 41.4 Å². The van der Waals surface area contributed by atoms with Crippen molar-refractivity contribution in [3.63, 3.8) is 0 Å². The van der Waals surface area contributed by atoms with Crippen LogP contribution in [0.1, 0.15) is 16.7 Å². The number of hydrogen-bond acceptors (Lipinski definition) is 2. The van der Waals surface area contributed by atoms with Crippen LogP contribution in [0, 0.1) is 12.7 Å². The lowest BCUT2D eigenvalue weighted by atomic mass is 10.1. The van der Waals surface area contributed by atoms with Gasteiger partial charge in [0.05, 0.1) is 0 Å². The van der Waals surface area contributed by atoms with Gasteiger partial charge in [0, 0.05) is 27.8 Å². The summed E-state index contributed by atoms with van der Waals surface area (Å²) in [5, 5.41) is 4.66. The van der Waals surface area contributed by atoms with Crippen LogP contribution >= 0.6 is 23.2 Å². The minimum atomic E-state index is -0.277. The predicted molar refractivity (Wildman–Crippen MR) is 106 cm³/mol. The van der Waals surface area contributed by atoms with E-state index in [1.165, 1.54) is 12.1 Å². The molecular formula is C21H18Cl2FNO. The van der Waals surface area contributed by atoms with Crippen molar-refractivity contribution in [2.75, 3.05) is 5.32 Å². The number of benzene rings is 3. The van der Waals surface area contributed by atoms with Crippen LogP contribution in [0.5, 0.6) is 5.75 Å². The van der Waals surface area contributed by atoms with E-state index in [2.05, 4.69) is 5.32 Å². The molecule has 26 heavy (non-hydrogen) atoms. The van der Waals surface area contributed by atoms with E-state index in [1.807, 2.05) is 43.3 Å². The second-order valence-electron chi connectivity index (χ2n) is 5.98. The molecule has 0 radical (unpaired) electrons. The molecule has 0 aromatic heterocycles. The Hall–Kier alpha value is -2.23. The molecule has 0 heterocycles. The number of ether oxygens (including phenoxy) is 1. The Morgan fingerprint density at radius 2 is 1.73 bits per heavy atom. The second-order valence-corrected chi connectivity index (χ2v) is 6.86. The summed E-state index contributed by atoms with van der Waals surface area (Å²) in [6.45, 7) is 2.82. The first-order valence-electron chi connectivity index (χ1n) is 8.17. The summed E-state index contributed by atoms with van der Waals surface area (Å²) < 4.78 is 19.2. The number of hydrogen-bond donors (Lipinski definition) is 1. The van der Waals surface area contributed by atoms with E-state index in [0.29, 0.717) is 22.3 Å². The monoisotopic (exact) mass is 389 g/mol. The molecular weight excluding hydrogens is 372 g/mol. The van der Waals surface area contributed by atoms with Crippen LogP contribution in [0.4, 0.5) is 10.1 Å². The average molecular weight is 390 g/mol. The van der Waals surface area contributed by atoms with E-state index in [4.69, 9.17) is 27.9 Å². The van der Waals surface area contributed by atoms with E-state index in [9.17, 15) is 4.39 Å². The zero-order valence-corrected chi connectivity index (χ0v) is 15.7. The molecule has 3 rings (SSSR count). The molecule has 0 aliphatic carbocycles. The van der Waals surface area contributed by atoms with Crippen molar-refractivity contribution in [1.29, 1.82) is 0 Å². The molecule has 1 N–H and O–H groups in total. The smallest absolute Gasteiger partial charge is 0.124 e. The van der Waals surface area contributed by atoms with Crippen LogP contribution in [-0.2, 0) is 13.2 Å². The third kappa shape index (κ3) is 4.90. The molecule has 0 aliphatic rings.